The highest BCUT2D eigenvalue weighted by molar-refractivity contribution is 7.84. The number of anilines is 1. The van der Waals surface area contributed by atoms with Crippen LogP contribution in [0.25, 0.3) is 17.2 Å². The number of benzene rings is 3. The lowest BCUT2D eigenvalue weighted by Crippen LogP contribution is -2.17. The van der Waals surface area contributed by atoms with Gasteiger partial charge in [-0.1, -0.05) is 55.5 Å². The molecule has 0 radical (unpaired) electrons. The Morgan fingerprint density at radius 3 is 2.49 bits per heavy atom. The summed E-state index contributed by atoms with van der Waals surface area (Å²) < 4.78 is 14.9. The predicted octanol–water partition coefficient (Wildman–Crippen LogP) is 6.69. The maximum Gasteiger partial charge on any atom is 0.160 e. The number of ketones is 1. The molecule has 1 fully saturated rings. The van der Waals surface area contributed by atoms with Gasteiger partial charge < -0.3 is 9.47 Å². The summed E-state index contributed by atoms with van der Waals surface area (Å²) in [4.78, 5) is 20.1. The van der Waals surface area contributed by atoms with Crippen LogP contribution < -0.4 is 4.90 Å². The SMILES string of the molecule is CCCn1cncc1C[S@@](=O)c1ccc(CC(=O)/C=C/c2cccc(-c3ccc(N4CCCC4)cc3)c2)cc1. The second-order valence-electron chi connectivity index (χ2n) is 10.1. The Hall–Kier alpha value is -3.77. The molecule has 1 aliphatic rings. The van der Waals surface area contributed by atoms with Crippen molar-refractivity contribution in [1.82, 2.24) is 9.55 Å². The van der Waals surface area contributed by atoms with Crippen LogP contribution in [0.4, 0.5) is 5.69 Å². The molecule has 1 saturated heterocycles. The van der Waals surface area contributed by atoms with Crippen LogP contribution >= 0.6 is 0 Å². The Morgan fingerprint density at radius 1 is 0.974 bits per heavy atom. The largest absolute Gasteiger partial charge is 0.372 e. The predicted molar refractivity (Wildman–Crippen MR) is 160 cm³/mol. The van der Waals surface area contributed by atoms with Crippen LogP contribution in [0.15, 0.2) is 96.3 Å². The van der Waals surface area contributed by atoms with E-state index in [4.69, 9.17) is 0 Å². The van der Waals surface area contributed by atoms with E-state index in [1.165, 1.54) is 24.1 Å². The molecular formula is C33H35N3O2S. The van der Waals surface area contributed by atoms with Crippen molar-refractivity contribution in [3.8, 4) is 11.1 Å². The Kier molecular flexibility index (Phi) is 8.84. The lowest BCUT2D eigenvalue weighted by Gasteiger charge is -2.17. The van der Waals surface area contributed by atoms with E-state index in [1.54, 1.807) is 18.6 Å². The van der Waals surface area contributed by atoms with Gasteiger partial charge in [0.2, 0.25) is 0 Å². The molecule has 4 aromatic rings. The van der Waals surface area contributed by atoms with Crippen molar-refractivity contribution in [2.75, 3.05) is 18.0 Å². The van der Waals surface area contributed by atoms with E-state index in [9.17, 15) is 9.00 Å². The summed E-state index contributed by atoms with van der Waals surface area (Å²) in [6.45, 7) is 5.27. The van der Waals surface area contributed by atoms with Crippen LogP contribution in [0.5, 0.6) is 0 Å². The fraction of sp³-hybridized carbons (Fsp3) is 0.273. The highest BCUT2D eigenvalue weighted by Gasteiger charge is 2.12. The van der Waals surface area contributed by atoms with Gasteiger partial charge in [0.05, 0.1) is 28.6 Å². The molecule has 0 unspecified atom stereocenters. The summed E-state index contributed by atoms with van der Waals surface area (Å²) >= 11 is 0. The monoisotopic (exact) mass is 537 g/mol. The zero-order valence-electron chi connectivity index (χ0n) is 22.5. The maximum atomic E-state index is 12.9. The number of carbonyl (C=O) groups excluding carboxylic acids is 1. The summed E-state index contributed by atoms with van der Waals surface area (Å²) in [6, 6.07) is 24.6. The smallest absolute Gasteiger partial charge is 0.160 e. The van der Waals surface area contributed by atoms with Gasteiger partial charge in [-0.2, -0.15) is 0 Å². The molecule has 0 saturated carbocycles. The molecule has 1 aliphatic heterocycles. The highest BCUT2D eigenvalue weighted by Crippen LogP contribution is 2.26. The quantitative estimate of drug-likeness (QED) is 0.200. The zero-order valence-corrected chi connectivity index (χ0v) is 23.3. The van der Waals surface area contributed by atoms with Gasteiger partial charge in [0.1, 0.15) is 0 Å². The molecule has 3 aromatic carbocycles. The summed E-state index contributed by atoms with van der Waals surface area (Å²) in [6.07, 6.45) is 11.0. The summed E-state index contributed by atoms with van der Waals surface area (Å²) in [5.74, 6) is 0.468. The number of rotatable bonds is 11. The third kappa shape index (κ3) is 7.01. The van der Waals surface area contributed by atoms with Gasteiger partial charge in [-0.05, 0) is 77.9 Å². The first-order valence-corrected chi connectivity index (χ1v) is 15.0. The molecule has 0 spiro atoms. The molecule has 2 heterocycles. The Morgan fingerprint density at radius 2 is 1.74 bits per heavy atom. The normalized spacial score (nSPS) is 14.2. The number of aryl methyl sites for hydroxylation is 1. The maximum absolute atomic E-state index is 12.9. The molecule has 5 rings (SSSR count). The highest BCUT2D eigenvalue weighted by atomic mass is 32.2. The first-order chi connectivity index (χ1) is 19.1. The van der Waals surface area contributed by atoms with E-state index >= 15 is 0 Å². The van der Waals surface area contributed by atoms with Crippen LogP contribution in [0.1, 0.15) is 43.0 Å². The van der Waals surface area contributed by atoms with E-state index in [-0.39, 0.29) is 5.78 Å². The van der Waals surface area contributed by atoms with Crippen molar-refractivity contribution in [2.24, 2.45) is 0 Å². The number of imidazole rings is 1. The zero-order chi connectivity index (χ0) is 27.0. The lowest BCUT2D eigenvalue weighted by molar-refractivity contribution is -0.113. The van der Waals surface area contributed by atoms with E-state index in [0.29, 0.717) is 12.2 Å². The first-order valence-electron chi connectivity index (χ1n) is 13.7. The van der Waals surface area contributed by atoms with Crippen LogP contribution in [-0.2, 0) is 34.3 Å². The van der Waals surface area contributed by atoms with Gasteiger partial charge in [-0.3, -0.25) is 9.00 Å². The van der Waals surface area contributed by atoms with Gasteiger partial charge in [0.25, 0.3) is 0 Å². The second kappa shape index (κ2) is 12.9. The molecule has 0 aliphatic carbocycles. The molecule has 0 bridgehead atoms. The minimum absolute atomic E-state index is 0.0349. The molecule has 5 nitrogen and oxygen atoms in total. The van der Waals surface area contributed by atoms with Crippen molar-refractivity contribution in [3.05, 3.63) is 108 Å². The number of carbonyl (C=O) groups is 1. The standard InChI is InChI=1S/C33H35N3O2S/c1-2-18-36-25-34-23-31(36)24-39(38)33-16-9-27(10-17-33)22-32(37)15-8-26-6-5-7-29(21-26)28-11-13-30(14-12-28)35-19-3-4-20-35/h5-17,21,23,25H,2-4,18-20,22,24H2,1H3/b15-8+/t39-/m1/s1. The fourth-order valence-electron chi connectivity index (χ4n) is 5.00. The summed E-state index contributed by atoms with van der Waals surface area (Å²) in [5.41, 5.74) is 6.48. The molecule has 6 heteroatoms. The van der Waals surface area contributed by atoms with Crippen molar-refractivity contribution < 1.29 is 9.00 Å². The van der Waals surface area contributed by atoms with Gasteiger partial charge in [0, 0.05) is 42.8 Å². The van der Waals surface area contributed by atoms with E-state index in [0.717, 1.165) is 53.3 Å². The van der Waals surface area contributed by atoms with E-state index in [1.807, 2.05) is 42.5 Å². The fourth-order valence-corrected chi connectivity index (χ4v) is 6.11. The minimum atomic E-state index is -1.16. The van der Waals surface area contributed by atoms with Gasteiger partial charge in [-0.25, -0.2) is 4.98 Å². The summed E-state index contributed by atoms with van der Waals surface area (Å²) in [7, 11) is -1.16. The molecule has 200 valence electrons. The molecule has 39 heavy (non-hydrogen) atoms. The van der Waals surface area contributed by atoms with E-state index < -0.39 is 10.8 Å². The molecular weight excluding hydrogens is 502 g/mol. The Balaban J connectivity index is 1.17. The van der Waals surface area contributed by atoms with Crippen molar-refractivity contribution in [1.29, 1.82) is 0 Å². The third-order valence-electron chi connectivity index (χ3n) is 7.13. The minimum Gasteiger partial charge on any atom is -0.372 e. The van der Waals surface area contributed by atoms with Crippen LogP contribution in [0.2, 0.25) is 0 Å². The van der Waals surface area contributed by atoms with Crippen LogP contribution in [0, 0.1) is 0 Å². The average Bonchev–Trinajstić information content (AvgIpc) is 3.66. The number of nitrogens with zero attached hydrogens (tertiary/aromatic N) is 3. The van der Waals surface area contributed by atoms with Gasteiger partial charge in [-0.15, -0.1) is 0 Å². The molecule has 0 amide bonds. The number of allylic oxidation sites excluding steroid dienone is 1. The van der Waals surface area contributed by atoms with Crippen LogP contribution in [-0.4, -0.2) is 32.6 Å². The van der Waals surface area contributed by atoms with Crippen LogP contribution in [0.3, 0.4) is 0 Å². The number of hydrogen-bond donors (Lipinski definition) is 0. The first kappa shape index (κ1) is 26.8. The Bertz CT molecular complexity index is 1450. The molecule has 1 aromatic heterocycles. The lowest BCUT2D eigenvalue weighted by atomic mass is 10.0. The third-order valence-corrected chi connectivity index (χ3v) is 8.48. The second-order valence-corrected chi connectivity index (χ2v) is 11.5. The topological polar surface area (TPSA) is 55.2 Å². The van der Waals surface area contributed by atoms with Crippen molar-refractivity contribution in [3.63, 3.8) is 0 Å². The van der Waals surface area contributed by atoms with Gasteiger partial charge in [0.15, 0.2) is 5.78 Å². The number of hydrogen-bond acceptors (Lipinski definition) is 4. The van der Waals surface area contributed by atoms with Crippen molar-refractivity contribution in [2.45, 2.75) is 49.8 Å². The van der Waals surface area contributed by atoms with Crippen molar-refractivity contribution >= 4 is 28.3 Å². The van der Waals surface area contributed by atoms with E-state index in [2.05, 4.69) is 57.8 Å². The average molecular weight is 538 g/mol. The molecule has 1 atom stereocenters. The number of aromatic nitrogens is 2. The molecule has 0 N–H and O–H groups in total. The summed E-state index contributed by atoms with van der Waals surface area (Å²) in [5, 5.41) is 0. The van der Waals surface area contributed by atoms with Gasteiger partial charge >= 0.3 is 0 Å². The Labute approximate surface area is 233 Å².